The summed E-state index contributed by atoms with van der Waals surface area (Å²) in [7, 11) is 0. The Morgan fingerprint density at radius 2 is 2.00 bits per heavy atom. The van der Waals surface area contributed by atoms with E-state index in [1.807, 2.05) is 0 Å². The van der Waals surface area contributed by atoms with Crippen LogP contribution in [0.4, 0.5) is 4.79 Å². The van der Waals surface area contributed by atoms with Crippen LogP contribution in [-0.2, 0) is 14.3 Å². The van der Waals surface area contributed by atoms with Crippen molar-refractivity contribution in [3.63, 3.8) is 0 Å². The number of carbonyl (C=O) groups is 2. The lowest BCUT2D eigenvalue weighted by molar-refractivity contribution is -0.145. The number of hydrogen-bond donors (Lipinski definition) is 1. The summed E-state index contributed by atoms with van der Waals surface area (Å²) in [6.45, 7) is 4.24. The Morgan fingerprint density at radius 3 is 2.67 bits per heavy atom. The molecule has 2 aliphatic heterocycles. The molecular weight excluding hydrogens is 240 g/mol. The Labute approximate surface area is 105 Å². The van der Waals surface area contributed by atoms with Crippen LogP contribution in [0.5, 0.6) is 0 Å². The molecule has 0 aromatic carbocycles. The van der Waals surface area contributed by atoms with Gasteiger partial charge in [-0.05, 0) is 0 Å². The Bertz CT molecular complexity index is 317. The number of carbonyl (C=O) groups excluding carboxylic acids is 1. The molecule has 2 heterocycles. The molecule has 2 rings (SSSR count). The average Bonchev–Trinajstić information content (AvgIpc) is 2.38. The van der Waals surface area contributed by atoms with Crippen LogP contribution in [0.3, 0.4) is 0 Å². The third-order valence-electron chi connectivity index (χ3n) is 3.27. The van der Waals surface area contributed by atoms with Crippen molar-refractivity contribution in [2.45, 2.75) is 12.5 Å². The van der Waals surface area contributed by atoms with Crippen LogP contribution in [0.2, 0.25) is 0 Å². The molecule has 0 saturated carbocycles. The fourth-order valence-electron chi connectivity index (χ4n) is 2.20. The summed E-state index contributed by atoms with van der Waals surface area (Å²) in [5.41, 5.74) is 0. The Hall–Kier alpha value is -1.34. The van der Waals surface area contributed by atoms with Crippen molar-refractivity contribution < 1.29 is 24.2 Å². The maximum Gasteiger partial charge on any atom is 0.410 e. The van der Waals surface area contributed by atoms with Crippen LogP contribution < -0.4 is 0 Å². The van der Waals surface area contributed by atoms with E-state index in [2.05, 4.69) is 4.90 Å². The van der Waals surface area contributed by atoms with Crippen molar-refractivity contribution in [1.29, 1.82) is 0 Å². The molecule has 0 radical (unpaired) electrons. The lowest BCUT2D eigenvalue weighted by atomic mass is 10.1. The van der Waals surface area contributed by atoms with Gasteiger partial charge in [-0.2, -0.15) is 0 Å². The van der Waals surface area contributed by atoms with E-state index < -0.39 is 18.1 Å². The highest BCUT2D eigenvalue weighted by atomic mass is 16.6. The monoisotopic (exact) mass is 258 g/mol. The summed E-state index contributed by atoms with van der Waals surface area (Å²) in [5, 5.41) is 9.08. The average molecular weight is 258 g/mol. The standard InChI is InChI=1S/C11H18N2O5/c14-10(15)9-1-6-18-11(16)13(9)3-2-12-4-7-17-8-5-12/h9H,1-8H2,(H,14,15). The topological polar surface area (TPSA) is 79.3 Å². The first-order valence-corrected chi connectivity index (χ1v) is 6.15. The van der Waals surface area contributed by atoms with Crippen LogP contribution in [0.1, 0.15) is 6.42 Å². The van der Waals surface area contributed by atoms with Crippen molar-refractivity contribution >= 4 is 12.1 Å². The van der Waals surface area contributed by atoms with Crippen molar-refractivity contribution in [3.8, 4) is 0 Å². The third-order valence-corrected chi connectivity index (χ3v) is 3.27. The molecular formula is C11H18N2O5. The summed E-state index contributed by atoms with van der Waals surface area (Å²) >= 11 is 0. The first-order valence-electron chi connectivity index (χ1n) is 6.15. The second-order valence-electron chi connectivity index (χ2n) is 4.40. The fourth-order valence-corrected chi connectivity index (χ4v) is 2.20. The first-order chi connectivity index (χ1) is 8.68. The number of carboxylic acid groups (broad SMARTS) is 1. The second kappa shape index (κ2) is 6.01. The molecule has 102 valence electrons. The first kappa shape index (κ1) is 13.1. The molecule has 0 spiro atoms. The van der Waals surface area contributed by atoms with Crippen molar-refractivity contribution in [2.75, 3.05) is 46.0 Å². The molecule has 2 aliphatic rings. The number of carboxylic acids is 1. The Morgan fingerprint density at radius 1 is 1.28 bits per heavy atom. The van der Waals surface area contributed by atoms with Crippen molar-refractivity contribution in [1.82, 2.24) is 9.80 Å². The van der Waals surface area contributed by atoms with E-state index in [4.69, 9.17) is 14.6 Å². The minimum absolute atomic E-state index is 0.184. The minimum Gasteiger partial charge on any atom is -0.480 e. The van der Waals surface area contributed by atoms with E-state index in [9.17, 15) is 9.59 Å². The quantitative estimate of drug-likeness (QED) is 0.740. The SMILES string of the molecule is O=C(O)C1CCOC(=O)N1CCN1CCOCC1. The molecule has 0 aliphatic carbocycles. The Balaban J connectivity index is 1.87. The Kier molecular flexibility index (Phi) is 4.38. The molecule has 1 atom stereocenters. The molecule has 1 amide bonds. The minimum atomic E-state index is -0.964. The van der Waals surface area contributed by atoms with E-state index in [1.165, 1.54) is 4.90 Å². The zero-order valence-corrected chi connectivity index (χ0v) is 10.2. The molecule has 1 unspecified atom stereocenters. The summed E-state index contributed by atoms with van der Waals surface area (Å²) in [5.74, 6) is -0.964. The van der Waals surface area contributed by atoms with Crippen LogP contribution >= 0.6 is 0 Å². The third kappa shape index (κ3) is 3.11. The van der Waals surface area contributed by atoms with Crippen molar-refractivity contribution in [2.24, 2.45) is 0 Å². The summed E-state index contributed by atoms with van der Waals surface area (Å²) in [4.78, 5) is 26.1. The number of morpholine rings is 1. The van der Waals surface area contributed by atoms with Gasteiger partial charge in [-0.15, -0.1) is 0 Å². The fraction of sp³-hybridized carbons (Fsp3) is 0.818. The number of hydrogen-bond acceptors (Lipinski definition) is 5. The molecule has 7 nitrogen and oxygen atoms in total. The predicted octanol–water partition coefficient (Wildman–Crippen LogP) is -0.386. The highest BCUT2D eigenvalue weighted by Gasteiger charge is 2.34. The van der Waals surface area contributed by atoms with E-state index in [1.54, 1.807) is 0 Å². The number of rotatable bonds is 4. The second-order valence-corrected chi connectivity index (χ2v) is 4.40. The molecule has 1 N–H and O–H groups in total. The lowest BCUT2D eigenvalue weighted by Gasteiger charge is -2.34. The van der Waals surface area contributed by atoms with Crippen LogP contribution in [0.25, 0.3) is 0 Å². The highest BCUT2D eigenvalue weighted by molar-refractivity contribution is 5.81. The molecule has 0 bridgehead atoms. The van der Waals surface area contributed by atoms with Gasteiger partial charge in [0.25, 0.3) is 0 Å². The molecule has 7 heteroatoms. The largest absolute Gasteiger partial charge is 0.480 e. The predicted molar refractivity (Wildman–Crippen MR) is 61.4 cm³/mol. The lowest BCUT2D eigenvalue weighted by Crippen LogP contribution is -2.52. The number of cyclic esters (lactones) is 1. The number of nitrogens with zero attached hydrogens (tertiary/aromatic N) is 2. The number of ether oxygens (including phenoxy) is 2. The summed E-state index contributed by atoms with van der Waals surface area (Å²) in [6, 6.07) is -0.757. The van der Waals surface area contributed by atoms with Gasteiger partial charge in [0, 0.05) is 32.6 Å². The van der Waals surface area contributed by atoms with Crippen LogP contribution in [0.15, 0.2) is 0 Å². The van der Waals surface area contributed by atoms with Gasteiger partial charge < -0.3 is 14.6 Å². The van der Waals surface area contributed by atoms with Crippen molar-refractivity contribution in [3.05, 3.63) is 0 Å². The zero-order valence-electron chi connectivity index (χ0n) is 10.2. The van der Waals surface area contributed by atoms with Crippen LogP contribution in [-0.4, -0.2) is 79.0 Å². The van der Waals surface area contributed by atoms with E-state index in [0.29, 0.717) is 32.7 Å². The zero-order chi connectivity index (χ0) is 13.0. The van der Waals surface area contributed by atoms with E-state index in [0.717, 1.165) is 13.1 Å². The van der Waals surface area contributed by atoms with Gasteiger partial charge in [0.2, 0.25) is 0 Å². The van der Waals surface area contributed by atoms with Gasteiger partial charge >= 0.3 is 12.1 Å². The molecule has 2 saturated heterocycles. The van der Waals surface area contributed by atoms with Gasteiger partial charge in [-0.25, -0.2) is 9.59 Å². The maximum atomic E-state index is 11.6. The summed E-state index contributed by atoms with van der Waals surface area (Å²) in [6.07, 6.45) is -0.175. The smallest absolute Gasteiger partial charge is 0.410 e. The van der Waals surface area contributed by atoms with E-state index >= 15 is 0 Å². The van der Waals surface area contributed by atoms with Gasteiger partial charge in [-0.1, -0.05) is 0 Å². The number of aliphatic carboxylic acids is 1. The van der Waals surface area contributed by atoms with Gasteiger partial charge in [0.1, 0.15) is 6.04 Å². The normalized spacial score (nSPS) is 25.9. The summed E-state index contributed by atoms with van der Waals surface area (Å²) < 4.78 is 10.1. The molecule has 2 fully saturated rings. The van der Waals surface area contributed by atoms with Gasteiger partial charge in [0.05, 0.1) is 19.8 Å². The molecule has 0 aromatic rings. The van der Waals surface area contributed by atoms with Gasteiger partial charge in [-0.3, -0.25) is 9.80 Å². The maximum absolute atomic E-state index is 11.6. The molecule has 0 aromatic heterocycles. The van der Waals surface area contributed by atoms with Crippen LogP contribution in [0, 0.1) is 0 Å². The number of amides is 1. The van der Waals surface area contributed by atoms with E-state index in [-0.39, 0.29) is 6.61 Å². The highest BCUT2D eigenvalue weighted by Crippen LogP contribution is 2.14. The molecule has 18 heavy (non-hydrogen) atoms. The van der Waals surface area contributed by atoms with Gasteiger partial charge in [0.15, 0.2) is 0 Å².